The maximum absolute atomic E-state index is 14.1. The number of aryl methyl sites for hydroxylation is 1. The highest BCUT2D eigenvalue weighted by molar-refractivity contribution is 6.39. The number of hydrogen-bond acceptors (Lipinski definition) is 4. The molecule has 0 aliphatic heterocycles. The number of amides is 2. The third kappa shape index (κ3) is 3.48. The summed E-state index contributed by atoms with van der Waals surface area (Å²) in [4.78, 5) is 28.9. The fourth-order valence-electron chi connectivity index (χ4n) is 3.11. The van der Waals surface area contributed by atoms with Gasteiger partial charge in [-0.25, -0.2) is 9.37 Å². The number of aromatic nitrogens is 3. The Labute approximate surface area is 160 Å². The van der Waals surface area contributed by atoms with Crippen molar-refractivity contribution in [1.29, 1.82) is 0 Å². The van der Waals surface area contributed by atoms with Gasteiger partial charge in [0.15, 0.2) is 5.82 Å². The van der Waals surface area contributed by atoms with E-state index in [-0.39, 0.29) is 0 Å². The highest BCUT2D eigenvalue weighted by atomic mass is 19.1. The minimum Gasteiger partial charge on any atom is -0.338 e. The van der Waals surface area contributed by atoms with Crippen molar-refractivity contribution in [3.05, 3.63) is 65.7 Å². The Kier molecular flexibility index (Phi) is 4.38. The summed E-state index contributed by atoms with van der Waals surface area (Å²) in [7, 11) is 0. The second-order valence-electron chi connectivity index (χ2n) is 6.80. The Morgan fingerprint density at radius 1 is 1.11 bits per heavy atom. The highest BCUT2D eigenvalue weighted by Gasteiger charge is 2.48. The third-order valence-corrected chi connectivity index (χ3v) is 4.67. The summed E-state index contributed by atoms with van der Waals surface area (Å²) in [6, 6.07) is 13.1. The van der Waals surface area contributed by atoms with Gasteiger partial charge in [-0.2, -0.15) is 5.10 Å². The van der Waals surface area contributed by atoms with Crippen LogP contribution in [0.1, 0.15) is 24.2 Å². The molecule has 0 bridgehead atoms. The first kappa shape index (κ1) is 17.8. The van der Waals surface area contributed by atoms with Gasteiger partial charge in [-0.05, 0) is 38.0 Å². The molecule has 3 aromatic rings. The number of carbonyl (C=O) groups excluding carboxylic acids is 2. The number of nitrogens with zero attached hydrogens (tertiary/aromatic N) is 2. The number of rotatable bonds is 4. The number of hydrogen-bond donors (Lipinski definition) is 3. The third-order valence-electron chi connectivity index (χ3n) is 4.67. The van der Waals surface area contributed by atoms with Crippen molar-refractivity contribution < 1.29 is 14.0 Å². The predicted molar refractivity (Wildman–Crippen MR) is 101 cm³/mol. The van der Waals surface area contributed by atoms with E-state index in [1.165, 1.54) is 6.07 Å². The van der Waals surface area contributed by atoms with Gasteiger partial charge in [0.05, 0.1) is 5.54 Å². The van der Waals surface area contributed by atoms with Crippen LogP contribution < -0.4 is 10.6 Å². The molecule has 0 atom stereocenters. The van der Waals surface area contributed by atoms with Crippen LogP contribution in [0.4, 0.5) is 10.1 Å². The fourth-order valence-corrected chi connectivity index (χ4v) is 3.11. The summed E-state index contributed by atoms with van der Waals surface area (Å²) < 4.78 is 14.1. The van der Waals surface area contributed by atoms with Crippen molar-refractivity contribution in [3.8, 4) is 11.4 Å². The van der Waals surface area contributed by atoms with Crippen LogP contribution in [0.2, 0.25) is 0 Å². The van der Waals surface area contributed by atoms with E-state index in [1.54, 1.807) is 49.4 Å². The second-order valence-corrected chi connectivity index (χ2v) is 6.80. The number of anilines is 1. The Bertz CT molecular complexity index is 1060. The molecule has 1 aliphatic rings. The van der Waals surface area contributed by atoms with E-state index < -0.39 is 23.2 Å². The Balaban J connectivity index is 1.46. The van der Waals surface area contributed by atoms with Crippen LogP contribution in [-0.2, 0) is 15.1 Å². The standard InChI is InChI=1S/C20H18FN5O2/c1-12-22-17(26-25-12)13-5-4-6-14(11-13)23-18(27)19(28)24-20(9-10-20)15-7-2-3-8-16(15)21/h2-8,11H,9-10H2,1H3,(H,23,27)(H,24,28)(H,22,25,26). The second kappa shape index (κ2) is 6.88. The first-order valence-corrected chi connectivity index (χ1v) is 8.85. The van der Waals surface area contributed by atoms with E-state index in [9.17, 15) is 14.0 Å². The SMILES string of the molecule is Cc1nc(-c2cccc(NC(=O)C(=O)NC3(c4ccccc4F)CC3)c2)n[nH]1. The minimum atomic E-state index is -0.814. The molecule has 1 saturated carbocycles. The molecule has 0 unspecified atom stereocenters. The van der Waals surface area contributed by atoms with Crippen molar-refractivity contribution in [2.45, 2.75) is 25.3 Å². The first-order valence-electron chi connectivity index (χ1n) is 8.85. The number of halogens is 1. The zero-order valence-corrected chi connectivity index (χ0v) is 15.1. The molecule has 142 valence electrons. The number of H-pyrrole nitrogens is 1. The summed E-state index contributed by atoms with van der Waals surface area (Å²) in [5.74, 6) is -0.845. The van der Waals surface area contributed by atoms with Crippen molar-refractivity contribution in [2.75, 3.05) is 5.32 Å². The molecule has 8 heteroatoms. The maximum atomic E-state index is 14.1. The van der Waals surface area contributed by atoms with Gasteiger partial charge in [0.25, 0.3) is 0 Å². The summed E-state index contributed by atoms with van der Waals surface area (Å²) in [5, 5.41) is 12.1. The van der Waals surface area contributed by atoms with Gasteiger partial charge in [0, 0.05) is 16.8 Å². The molecule has 7 nitrogen and oxygen atoms in total. The lowest BCUT2D eigenvalue weighted by Gasteiger charge is -2.18. The van der Waals surface area contributed by atoms with E-state index >= 15 is 0 Å². The number of benzene rings is 2. The average Bonchev–Trinajstić information content (AvgIpc) is 3.32. The monoisotopic (exact) mass is 379 g/mol. The largest absolute Gasteiger partial charge is 0.338 e. The predicted octanol–water partition coefficient (Wildman–Crippen LogP) is 2.66. The minimum absolute atomic E-state index is 0.393. The van der Waals surface area contributed by atoms with Gasteiger partial charge < -0.3 is 10.6 Å². The molecule has 0 radical (unpaired) electrons. The van der Waals surface area contributed by atoms with E-state index in [0.29, 0.717) is 41.3 Å². The maximum Gasteiger partial charge on any atom is 0.313 e. The summed E-state index contributed by atoms with van der Waals surface area (Å²) >= 11 is 0. The van der Waals surface area contributed by atoms with E-state index in [0.717, 1.165) is 0 Å². The van der Waals surface area contributed by atoms with Crippen LogP contribution in [0.5, 0.6) is 0 Å². The fraction of sp³-hybridized carbons (Fsp3) is 0.200. The molecular weight excluding hydrogens is 361 g/mol. The smallest absolute Gasteiger partial charge is 0.313 e. The lowest BCUT2D eigenvalue weighted by atomic mass is 10.0. The topological polar surface area (TPSA) is 99.8 Å². The van der Waals surface area contributed by atoms with E-state index in [1.807, 2.05) is 0 Å². The molecule has 1 aliphatic carbocycles. The van der Waals surface area contributed by atoms with Crippen LogP contribution in [0.15, 0.2) is 48.5 Å². The Hall–Kier alpha value is -3.55. The van der Waals surface area contributed by atoms with E-state index in [4.69, 9.17) is 0 Å². The number of aromatic amines is 1. The summed E-state index contributed by atoms with van der Waals surface area (Å²) in [6.45, 7) is 1.79. The molecule has 2 amide bonds. The van der Waals surface area contributed by atoms with Crippen molar-refractivity contribution in [1.82, 2.24) is 20.5 Å². The average molecular weight is 379 g/mol. The van der Waals surface area contributed by atoms with Crippen molar-refractivity contribution in [2.24, 2.45) is 0 Å². The molecule has 28 heavy (non-hydrogen) atoms. The zero-order chi connectivity index (χ0) is 19.7. The lowest BCUT2D eigenvalue weighted by molar-refractivity contribution is -0.136. The molecule has 2 aromatic carbocycles. The van der Waals surface area contributed by atoms with Crippen molar-refractivity contribution in [3.63, 3.8) is 0 Å². The Morgan fingerprint density at radius 3 is 2.57 bits per heavy atom. The van der Waals surface area contributed by atoms with Crippen LogP contribution in [0, 0.1) is 12.7 Å². The van der Waals surface area contributed by atoms with Crippen molar-refractivity contribution >= 4 is 17.5 Å². The number of carbonyl (C=O) groups is 2. The summed E-state index contributed by atoms with van der Waals surface area (Å²) in [6.07, 6.45) is 1.18. The zero-order valence-electron chi connectivity index (χ0n) is 15.1. The molecule has 1 aromatic heterocycles. The summed E-state index contributed by atoms with van der Waals surface area (Å²) in [5.41, 5.74) is 0.736. The molecule has 4 rings (SSSR count). The normalized spacial score (nSPS) is 14.4. The van der Waals surface area contributed by atoms with Gasteiger partial charge in [-0.1, -0.05) is 30.3 Å². The van der Waals surface area contributed by atoms with Gasteiger partial charge in [0.2, 0.25) is 0 Å². The molecule has 0 spiro atoms. The van der Waals surface area contributed by atoms with Crippen LogP contribution >= 0.6 is 0 Å². The van der Waals surface area contributed by atoms with Crippen LogP contribution in [0.3, 0.4) is 0 Å². The van der Waals surface area contributed by atoms with Gasteiger partial charge in [-0.15, -0.1) is 0 Å². The quantitative estimate of drug-likeness (QED) is 0.607. The Morgan fingerprint density at radius 2 is 1.89 bits per heavy atom. The number of nitrogens with one attached hydrogen (secondary N) is 3. The van der Waals surface area contributed by atoms with Gasteiger partial charge >= 0.3 is 11.8 Å². The molecular formula is C20H18FN5O2. The van der Waals surface area contributed by atoms with Crippen LogP contribution in [-0.4, -0.2) is 27.0 Å². The molecule has 1 fully saturated rings. The molecule has 1 heterocycles. The van der Waals surface area contributed by atoms with Gasteiger partial charge in [0.1, 0.15) is 11.6 Å². The molecule has 3 N–H and O–H groups in total. The van der Waals surface area contributed by atoms with Crippen LogP contribution in [0.25, 0.3) is 11.4 Å². The van der Waals surface area contributed by atoms with E-state index in [2.05, 4.69) is 25.8 Å². The molecule has 0 saturated heterocycles. The highest BCUT2D eigenvalue weighted by Crippen LogP contribution is 2.46. The van der Waals surface area contributed by atoms with Gasteiger partial charge in [-0.3, -0.25) is 14.7 Å². The lowest BCUT2D eigenvalue weighted by Crippen LogP contribution is -2.42. The first-order chi connectivity index (χ1) is 13.5.